The van der Waals surface area contributed by atoms with Crippen LogP contribution in [0.4, 0.5) is 5.82 Å². The SMILES string of the molecule is CNCCCNC(=O)c1ccc(N2CCCCCC2)nc1.Cl.Cl. The van der Waals surface area contributed by atoms with Gasteiger partial charge in [-0.15, -0.1) is 24.8 Å². The third-order valence-electron chi connectivity index (χ3n) is 3.83. The van der Waals surface area contributed by atoms with E-state index in [9.17, 15) is 4.79 Å². The van der Waals surface area contributed by atoms with Crippen molar-refractivity contribution in [3.05, 3.63) is 23.9 Å². The lowest BCUT2D eigenvalue weighted by atomic mass is 10.2. The lowest BCUT2D eigenvalue weighted by Crippen LogP contribution is -2.27. The summed E-state index contributed by atoms with van der Waals surface area (Å²) in [6, 6.07) is 3.84. The molecule has 1 aliphatic rings. The zero-order valence-electron chi connectivity index (χ0n) is 13.7. The fourth-order valence-electron chi connectivity index (χ4n) is 2.58. The average molecular weight is 363 g/mol. The molecule has 1 aromatic heterocycles. The first-order valence-electron chi connectivity index (χ1n) is 7.95. The van der Waals surface area contributed by atoms with Gasteiger partial charge in [0.1, 0.15) is 5.82 Å². The van der Waals surface area contributed by atoms with Crippen LogP contribution in [0.5, 0.6) is 0 Å². The van der Waals surface area contributed by atoms with E-state index in [0.717, 1.165) is 31.9 Å². The largest absolute Gasteiger partial charge is 0.357 e. The van der Waals surface area contributed by atoms with Crippen molar-refractivity contribution in [2.45, 2.75) is 32.1 Å². The van der Waals surface area contributed by atoms with Crippen LogP contribution < -0.4 is 15.5 Å². The Bertz CT molecular complexity index is 434. The molecule has 1 aliphatic heterocycles. The molecule has 0 aromatic carbocycles. The summed E-state index contributed by atoms with van der Waals surface area (Å²) in [5.41, 5.74) is 0.637. The molecule has 2 rings (SSSR count). The number of pyridine rings is 1. The Kier molecular flexibility index (Phi) is 11.8. The summed E-state index contributed by atoms with van der Waals surface area (Å²) in [5, 5.41) is 5.97. The third kappa shape index (κ3) is 7.38. The Morgan fingerprint density at radius 1 is 1.13 bits per heavy atom. The van der Waals surface area contributed by atoms with Crippen molar-refractivity contribution in [3.63, 3.8) is 0 Å². The van der Waals surface area contributed by atoms with E-state index in [-0.39, 0.29) is 30.7 Å². The molecule has 0 aliphatic carbocycles. The van der Waals surface area contributed by atoms with Crippen LogP contribution in [-0.2, 0) is 0 Å². The number of nitrogens with zero attached hydrogens (tertiary/aromatic N) is 2. The first-order valence-corrected chi connectivity index (χ1v) is 7.95. The Balaban J connectivity index is 0.00000242. The molecule has 2 heterocycles. The number of amides is 1. The van der Waals surface area contributed by atoms with Gasteiger partial charge in [-0.2, -0.15) is 0 Å². The first-order chi connectivity index (χ1) is 10.3. The predicted octanol–water partition coefficient (Wildman–Crippen LogP) is 2.64. The second-order valence-corrected chi connectivity index (χ2v) is 5.52. The van der Waals surface area contributed by atoms with Gasteiger partial charge in [-0.3, -0.25) is 4.79 Å². The van der Waals surface area contributed by atoms with Gasteiger partial charge < -0.3 is 15.5 Å². The molecule has 0 bridgehead atoms. The van der Waals surface area contributed by atoms with E-state index < -0.39 is 0 Å². The molecule has 0 atom stereocenters. The van der Waals surface area contributed by atoms with E-state index in [4.69, 9.17) is 0 Å². The number of anilines is 1. The highest BCUT2D eigenvalue weighted by Gasteiger charge is 2.12. The monoisotopic (exact) mass is 362 g/mol. The highest BCUT2D eigenvalue weighted by molar-refractivity contribution is 5.94. The van der Waals surface area contributed by atoms with Gasteiger partial charge in [0.2, 0.25) is 0 Å². The maximum atomic E-state index is 12.0. The number of carbonyl (C=O) groups is 1. The number of rotatable bonds is 6. The summed E-state index contributed by atoms with van der Waals surface area (Å²) in [5.74, 6) is 0.949. The topological polar surface area (TPSA) is 57.3 Å². The minimum atomic E-state index is -0.0407. The number of aromatic nitrogens is 1. The van der Waals surface area contributed by atoms with Crippen LogP contribution in [0.25, 0.3) is 0 Å². The van der Waals surface area contributed by atoms with Crippen LogP contribution in [0.3, 0.4) is 0 Å². The molecule has 7 heteroatoms. The molecule has 1 fully saturated rings. The number of hydrogen-bond donors (Lipinski definition) is 2. The Morgan fingerprint density at radius 2 is 1.83 bits per heavy atom. The van der Waals surface area contributed by atoms with Crippen molar-refractivity contribution < 1.29 is 4.79 Å². The summed E-state index contributed by atoms with van der Waals surface area (Å²) < 4.78 is 0. The summed E-state index contributed by atoms with van der Waals surface area (Å²) in [7, 11) is 1.91. The minimum absolute atomic E-state index is 0. The highest BCUT2D eigenvalue weighted by Crippen LogP contribution is 2.17. The van der Waals surface area contributed by atoms with Crippen molar-refractivity contribution in [3.8, 4) is 0 Å². The van der Waals surface area contributed by atoms with Gasteiger partial charge in [0.25, 0.3) is 5.91 Å². The first kappa shape index (κ1) is 22.0. The van der Waals surface area contributed by atoms with Crippen LogP contribution in [0.15, 0.2) is 18.3 Å². The molecule has 1 saturated heterocycles. The predicted molar refractivity (Wildman–Crippen MR) is 100 cm³/mol. The van der Waals surface area contributed by atoms with Crippen LogP contribution in [0, 0.1) is 0 Å². The molecule has 23 heavy (non-hydrogen) atoms. The Morgan fingerprint density at radius 3 is 2.39 bits per heavy atom. The number of nitrogens with one attached hydrogen (secondary N) is 2. The maximum absolute atomic E-state index is 12.0. The second-order valence-electron chi connectivity index (χ2n) is 5.52. The third-order valence-corrected chi connectivity index (χ3v) is 3.83. The van der Waals surface area contributed by atoms with Gasteiger partial charge in [0.05, 0.1) is 5.56 Å². The van der Waals surface area contributed by atoms with Gasteiger partial charge in [0.15, 0.2) is 0 Å². The normalized spacial score (nSPS) is 14.2. The molecular weight excluding hydrogens is 335 g/mol. The van der Waals surface area contributed by atoms with E-state index in [0.29, 0.717) is 12.1 Å². The lowest BCUT2D eigenvalue weighted by Gasteiger charge is -2.21. The number of carbonyl (C=O) groups excluding carboxylic acids is 1. The average Bonchev–Trinajstić information content (AvgIpc) is 2.81. The van der Waals surface area contributed by atoms with Gasteiger partial charge in [-0.1, -0.05) is 12.8 Å². The summed E-state index contributed by atoms with van der Waals surface area (Å²) >= 11 is 0. The van der Waals surface area contributed by atoms with Crippen molar-refractivity contribution in [2.75, 3.05) is 38.1 Å². The smallest absolute Gasteiger partial charge is 0.252 e. The van der Waals surface area contributed by atoms with Crippen LogP contribution in [-0.4, -0.2) is 44.1 Å². The standard InChI is InChI=1S/C16H26N4O.2ClH/c1-17-9-6-10-18-16(21)14-7-8-15(19-13-14)20-11-4-2-3-5-12-20;;/h7-8,13,17H,2-6,9-12H2,1H3,(H,18,21);2*1H. The fraction of sp³-hybridized carbons (Fsp3) is 0.625. The van der Waals surface area contributed by atoms with Crippen molar-refractivity contribution in [1.82, 2.24) is 15.6 Å². The molecule has 0 spiro atoms. The van der Waals surface area contributed by atoms with E-state index >= 15 is 0 Å². The summed E-state index contributed by atoms with van der Waals surface area (Å²) in [6.07, 6.45) is 7.70. The lowest BCUT2D eigenvalue weighted by molar-refractivity contribution is 0.0953. The molecule has 2 N–H and O–H groups in total. The maximum Gasteiger partial charge on any atom is 0.252 e. The molecule has 1 amide bonds. The molecule has 0 radical (unpaired) electrons. The summed E-state index contributed by atoms with van der Waals surface area (Å²) in [6.45, 7) is 3.74. The fourth-order valence-corrected chi connectivity index (χ4v) is 2.58. The van der Waals surface area contributed by atoms with Crippen LogP contribution in [0.2, 0.25) is 0 Å². The van der Waals surface area contributed by atoms with Gasteiger partial charge in [-0.05, 0) is 45.0 Å². The number of hydrogen-bond acceptors (Lipinski definition) is 4. The second kappa shape index (κ2) is 12.4. The van der Waals surface area contributed by atoms with E-state index in [1.54, 1.807) is 6.20 Å². The van der Waals surface area contributed by atoms with Gasteiger partial charge in [0, 0.05) is 25.8 Å². The van der Waals surface area contributed by atoms with Gasteiger partial charge in [-0.25, -0.2) is 4.98 Å². The quantitative estimate of drug-likeness (QED) is 0.763. The van der Waals surface area contributed by atoms with Crippen LogP contribution in [0.1, 0.15) is 42.5 Å². The van der Waals surface area contributed by atoms with Crippen LogP contribution >= 0.6 is 24.8 Å². The van der Waals surface area contributed by atoms with E-state index in [1.165, 1.54) is 25.7 Å². The number of halogens is 2. The highest BCUT2D eigenvalue weighted by atomic mass is 35.5. The summed E-state index contributed by atoms with van der Waals surface area (Å²) in [4.78, 5) is 18.7. The zero-order valence-corrected chi connectivity index (χ0v) is 15.3. The molecule has 1 aromatic rings. The molecular formula is C16H28Cl2N4O. The van der Waals surface area contributed by atoms with E-state index in [1.807, 2.05) is 19.2 Å². The van der Waals surface area contributed by atoms with Crippen molar-refractivity contribution in [1.29, 1.82) is 0 Å². The molecule has 0 unspecified atom stereocenters. The molecule has 132 valence electrons. The minimum Gasteiger partial charge on any atom is -0.357 e. The zero-order chi connectivity index (χ0) is 14.9. The molecule has 0 saturated carbocycles. The van der Waals surface area contributed by atoms with Crippen molar-refractivity contribution in [2.24, 2.45) is 0 Å². The molecule has 5 nitrogen and oxygen atoms in total. The van der Waals surface area contributed by atoms with Crippen molar-refractivity contribution >= 4 is 36.5 Å². The Hall–Kier alpha value is -1.04. The van der Waals surface area contributed by atoms with Gasteiger partial charge >= 0.3 is 0 Å². The Labute approximate surface area is 151 Å². The van der Waals surface area contributed by atoms with E-state index in [2.05, 4.69) is 20.5 Å².